The Morgan fingerprint density at radius 1 is 1.18 bits per heavy atom. The molecule has 2 aromatic heterocycles. The highest BCUT2D eigenvalue weighted by atomic mass is 16.4. The Balaban J connectivity index is 1.75. The largest absolute Gasteiger partial charge is 0.465 e. The Hall–Kier alpha value is -4.41. The van der Waals surface area contributed by atoms with E-state index in [1.165, 1.54) is 21.6 Å². The number of nitrogens with zero attached hydrogens (tertiary/aromatic N) is 3. The van der Waals surface area contributed by atoms with Gasteiger partial charge in [0.1, 0.15) is 17.6 Å². The van der Waals surface area contributed by atoms with Gasteiger partial charge in [-0.05, 0) is 54.5 Å². The van der Waals surface area contributed by atoms with Crippen LogP contribution in [0.15, 0.2) is 53.5 Å². The first-order valence-electron chi connectivity index (χ1n) is 12.7. The molecule has 0 aliphatic carbocycles. The Bertz CT molecular complexity index is 1430. The van der Waals surface area contributed by atoms with Crippen molar-refractivity contribution in [3.63, 3.8) is 0 Å². The summed E-state index contributed by atoms with van der Waals surface area (Å²) >= 11 is 0. The summed E-state index contributed by atoms with van der Waals surface area (Å²) in [5.41, 5.74) is 2.55. The number of H-pyrrole nitrogens is 1. The molecule has 4 N–H and O–H groups in total. The van der Waals surface area contributed by atoms with E-state index < -0.39 is 23.6 Å². The maximum Gasteiger partial charge on any atom is 0.405 e. The first-order chi connectivity index (χ1) is 18.3. The number of anilines is 1. The highest BCUT2D eigenvalue weighted by molar-refractivity contribution is 5.96. The number of amides is 3. The number of imidazole rings is 1. The number of aromatic nitrogens is 3. The molecule has 1 unspecified atom stereocenters. The summed E-state index contributed by atoms with van der Waals surface area (Å²) in [5.74, 6) is -0.293. The summed E-state index contributed by atoms with van der Waals surface area (Å²) in [6, 6.07) is 7.92. The first-order valence-corrected chi connectivity index (χ1v) is 12.7. The maximum absolute atomic E-state index is 13.1. The number of carbonyl (C=O) groups is 3. The van der Waals surface area contributed by atoms with Gasteiger partial charge in [-0.3, -0.25) is 14.4 Å². The van der Waals surface area contributed by atoms with Gasteiger partial charge in [-0.15, -0.1) is 0 Å². The lowest BCUT2D eigenvalue weighted by Gasteiger charge is -2.18. The average molecular weight is 537 g/mol. The molecule has 208 valence electrons. The zero-order valence-corrected chi connectivity index (χ0v) is 22.9. The fourth-order valence-corrected chi connectivity index (χ4v) is 4.09. The van der Waals surface area contributed by atoms with Crippen LogP contribution in [0.1, 0.15) is 45.0 Å². The molecule has 0 fully saturated rings. The normalized spacial score (nSPS) is 12.4. The van der Waals surface area contributed by atoms with Crippen molar-refractivity contribution in [1.82, 2.24) is 24.8 Å². The minimum absolute atomic E-state index is 0.0162. The van der Waals surface area contributed by atoms with Crippen LogP contribution in [-0.2, 0) is 22.6 Å². The second kappa shape index (κ2) is 12.4. The van der Waals surface area contributed by atoms with Crippen molar-refractivity contribution in [1.29, 1.82) is 0 Å². The van der Waals surface area contributed by atoms with Gasteiger partial charge < -0.3 is 30.2 Å². The van der Waals surface area contributed by atoms with Gasteiger partial charge >= 0.3 is 6.09 Å². The molecular formula is C28H36N6O5. The van der Waals surface area contributed by atoms with Gasteiger partial charge in [-0.25, -0.2) is 9.78 Å². The van der Waals surface area contributed by atoms with E-state index in [1.807, 2.05) is 12.1 Å². The number of aromatic amines is 1. The van der Waals surface area contributed by atoms with E-state index in [0.717, 1.165) is 23.0 Å². The van der Waals surface area contributed by atoms with E-state index in [9.17, 15) is 24.3 Å². The van der Waals surface area contributed by atoms with Crippen LogP contribution in [0.25, 0.3) is 11.0 Å². The summed E-state index contributed by atoms with van der Waals surface area (Å²) in [7, 11) is 3.22. The molecule has 3 amide bonds. The Labute approximate surface area is 226 Å². The van der Waals surface area contributed by atoms with E-state index in [0.29, 0.717) is 5.82 Å². The number of fused-ring (bicyclic) bond motifs is 1. The maximum atomic E-state index is 13.1. The summed E-state index contributed by atoms with van der Waals surface area (Å²) in [4.78, 5) is 58.3. The highest BCUT2D eigenvalue weighted by Crippen LogP contribution is 2.25. The Morgan fingerprint density at radius 3 is 2.59 bits per heavy atom. The minimum Gasteiger partial charge on any atom is -0.465 e. The van der Waals surface area contributed by atoms with Crippen LogP contribution in [0, 0.1) is 5.41 Å². The summed E-state index contributed by atoms with van der Waals surface area (Å²) in [6.07, 6.45) is 4.40. The van der Waals surface area contributed by atoms with Crippen molar-refractivity contribution >= 4 is 34.6 Å². The fourth-order valence-electron chi connectivity index (χ4n) is 4.09. The molecular weight excluding hydrogens is 500 g/mol. The van der Waals surface area contributed by atoms with Gasteiger partial charge in [0, 0.05) is 20.3 Å². The van der Waals surface area contributed by atoms with Crippen molar-refractivity contribution in [3.05, 3.63) is 70.4 Å². The topological polar surface area (TPSA) is 149 Å². The van der Waals surface area contributed by atoms with Gasteiger partial charge in [-0.2, -0.15) is 0 Å². The first kappa shape index (κ1) is 29.2. The molecule has 0 aliphatic heterocycles. The van der Waals surface area contributed by atoms with E-state index in [-0.39, 0.29) is 36.4 Å². The number of allylic oxidation sites excluding steroid dienone is 1. The number of carboxylic acid groups (broad SMARTS) is 1. The van der Waals surface area contributed by atoms with Gasteiger partial charge in [0.25, 0.3) is 5.56 Å². The second-order valence-electron chi connectivity index (χ2n) is 10.8. The predicted molar refractivity (Wildman–Crippen MR) is 150 cm³/mol. The van der Waals surface area contributed by atoms with Gasteiger partial charge in [0.05, 0.1) is 17.6 Å². The van der Waals surface area contributed by atoms with E-state index in [2.05, 4.69) is 47.4 Å². The minimum atomic E-state index is -1.37. The van der Waals surface area contributed by atoms with Crippen molar-refractivity contribution in [2.45, 2.75) is 52.6 Å². The summed E-state index contributed by atoms with van der Waals surface area (Å²) < 4.78 is 1.42. The molecule has 0 saturated carbocycles. The molecule has 0 spiro atoms. The molecule has 3 aromatic rings. The molecule has 2 heterocycles. The predicted octanol–water partition coefficient (Wildman–Crippen LogP) is 3.36. The van der Waals surface area contributed by atoms with Crippen LogP contribution in [-0.4, -0.2) is 62.6 Å². The molecule has 0 aliphatic rings. The van der Waals surface area contributed by atoms with Crippen LogP contribution in [0.3, 0.4) is 0 Å². The number of carbonyl (C=O) groups excluding carboxylic acids is 2. The number of hydrogen-bond acceptors (Lipinski definition) is 5. The lowest BCUT2D eigenvalue weighted by molar-refractivity contribution is -0.123. The summed E-state index contributed by atoms with van der Waals surface area (Å²) in [6.45, 7) is 6.67. The highest BCUT2D eigenvalue weighted by Gasteiger charge is 2.21. The number of hydrogen-bond donors (Lipinski definition) is 4. The zero-order chi connectivity index (χ0) is 28.7. The lowest BCUT2D eigenvalue weighted by atomic mass is 9.88. The molecule has 0 bridgehead atoms. The van der Waals surface area contributed by atoms with Crippen molar-refractivity contribution in [2.24, 2.45) is 5.41 Å². The molecule has 0 saturated heterocycles. The van der Waals surface area contributed by atoms with Gasteiger partial charge in [0.2, 0.25) is 11.8 Å². The third kappa shape index (κ3) is 8.29. The Kier molecular flexibility index (Phi) is 9.29. The van der Waals surface area contributed by atoms with Gasteiger partial charge in [-0.1, -0.05) is 39.0 Å². The van der Waals surface area contributed by atoms with Crippen molar-refractivity contribution < 1.29 is 19.5 Å². The van der Waals surface area contributed by atoms with Crippen molar-refractivity contribution in [2.75, 3.05) is 19.4 Å². The standard InChI is InChI=1S/C28H36N6O5/c1-28(2,3)16-18-10-8-12-19-24(18)32-22(29-19)17-34-15-9-13-21(26(34)37)30-25(36)20(31-27(38)39)11-6-7-14-23(35)33(4)5/h7-10,12-15,20,31H,6,11,16-17H2,1-5H3,(H,29,32)(H,30,36)(H,38,39). The van der Waals surface area contributed by atoms with Crippen LogP contribution in [0.4, 0.5) is 10.5 Å². The third-order valence-corrected chi connectivity index (χ3v) is 5.91. The van der Waals surface area contributed by atoms with E-state index >= 15 is 0 Å². The van der Waals surface area contributed by atoms with Gasteiger partial charge in [0.15, 0.2) is 0 Å². The molecule has 3 rings (SSSR count). The third-order valence-electron chi connectivity index (χ3n) is 5.91. The monoisotopic (exact) mass is 536 g/mol. The SMILES string of the molecule is CN(C)C(=O)C=CCCC(NC(=O)O)C(=O)Nc1cccn(Cc2nc3cccc(CC(C)(C)C)c3[nH]2)c1=O. The quantitative estimate of drug-likeness (QED) is 0.292. The second-order valence-corrected chi connectivity index (χ2v) is 10.8. The van der Waals surface area contributed by atoms with E-state index in [4.69, 9.17) is 0 Å². The van der Waals surface area contributed by atoms with Crippen LogP contribution in [0.2, 0.25) is 0 Å². The number of nitrogens with one attached hydrogen (secondary N) is 3. The molecule has 1 atom stereocenters. The van der Waals surface area contributed by atoms with Crippen LogP contribution < -0.4 is 16.2 Å². The molecule has 11 heteroatoms. The lowest BCUT2D eigenvalue weighted by Crippen LogP contribution is -2.44. The smallest absolute Gasteiger partial charge is 0.405 e. The molecule has 0 radical (unpaired) electrons. The van der Waals surface area contributed by atoms with Crippen LogP contribution in [0.5, 0.6) is 0 Å². The van der Waals surface area contributed by atoms with E-state index in [1.54, 1.807) is 32.4 Å². The number of pyridine rings is 1. The number of benzene rings is 1. The molecule has 1 aromatic carbocycles. The zero-order valence-electron chi connectivity index (χ0n) is 22.9. The van der Waals surface area contributed by atoms with Crippen molar-refractivity contribution in [3.8, 4) is 0 Å². The summed E-state index contributed by atoms with van der Waals surface area (Å²) in [5, 5.41) is 13.9. The fraction of sp³-hybridized carbons (Fsp3) is 0.393. The average Bonchev–Trinajstić information content (AvgIpc) is 3.25. The van der Waals surface area contributed by atoms with Crippen LogP contribution >= 0.6 is 0 Å². The molecule has 39 heavy (non-hydrogen) atoms. The number of para-hydroxylation sites is 1. The number of likely N-dealkylation sites (N-methyl/N-ethyl adjacent to an activating group) is 1. The number of rotatable bonds is 10. The Morgan fingerprint density at radius 2 is 1.92 bits per heavy atom. The molecule has 11 nitrogen and oxygen atoms in total.